The zero-order chi connectivity index (χ0) is 20.9. The highest BCUT2D eigenvalue weighted by Crippen LogP contribution is 2.26. The Balaban J connectivity index is 2.07. The van der Waals surface area contributed by atoms with Gasteiger partial charge in [-0.3, -0.25) is 9.59 Å². The number of rotatable bonds is 6. The molecule has 6 nitrogen and oxygen atoms in total. The van der Waals surface area contributed by atoms with Gasteiger partial charge in [-0.1, -0.05) is 44.2 Å². The first-order chi connectivity index (χ1) is 13.1. The molecule has 0 aromatic heterocycles. The molecule has 1 saturated heterocycles. The summed E-state index contributed by atoms with van der Waals surface area (Å²) in [5, 5.41) is 0. The topological polar surface area (TPSA) is 72.9 Å². The summed E-state index contributed by atoms with van der Waals surface area (Å²) in [5.41, 5.74) is 0.212. The summed E-state index contributed by atoms with van der Waals surface area (Å²) < 4.78 is 10.9. The molecule has 154 valence electrons. The molecule has 1 fully saturated rings. The molecule has 0 saturated carbocycles. The van der Waals surface area contributed by atoms with Crippen molar-refractivity contribution < 1.29 is 23.9 Å². The Bertz CT molecular complexity index is 693. The van der Waals surface area contributed by atoms with Gasteiger partial charge in [0.2, 0.25) is 5.91 Å². The van der Waals surface area contributed by atoms with Crippen molar-refractivity contribution in [1.29, 1.82) is 0 Å². The lowest BCUT2D eigenvalue weighted by Crippen LogP contribution is -2.48. The van der Waals surface area contributed by atoms with E-state index < -0.39 is 29.5 Å². The molecule has 2 rings (SSSR count). The lowest BCUT2D eigenvalue weighted by molar-refractivity contribution is -0.169. The number of carbonyl (C=O) groups is 3. The van der Waals surface area contributed by atoms with E-state index in [0.717, 1.165) is 5.56 Å². The van der Waals surface area contributed by atoms with Gasteiger partial charge in [-0.05, 0) is 45.1 Å². The largest absolute Gasteiger partial charge is 0.459 e. The Hall–Kier alpha value is -2.37. The minimum Gasteiger partial charge on any atom is -0.459 e. The zero-order valence-electron chi connectivity index (χ0n) is 17.4. The van der Waals surface area contributed by atoms with Crippen LogP contribution in [0.15, 0.2) is 30.3 Å². The van der Waals surface area contributed by atoms with Gasteiger partial charge in [0.25, 0.3) is 0 Å². The van der Waals surface area contributed by atoms with Crippen molar-refractivity contribution in [1.82, 2.24) is 4.90 Å². The minimum absolute atomic E-state index is 0.165. The number of esters is 2. The fourth-order valence-corrected chi connectivity index (χ4v) is 3.30. The van der Waals surface area contributed by atoms with Gasteiger partial charge in [0.15, 0.2) is 0 Å². The third-order valence-corrected chi connectivity index (χ3v) is 4.63. The lowest BCUT2D eigenvalue weighted by atomic mass is 9.93. The maximum absolute atomic E-state index is 13.1. The van der Waals surface area contributed by atoms with Gasteiger partial charge in [0.05, 0.1) is 0 Å². The number of amides is 1. The van der Waals surface area contributed by atoms with E-state index >= 15 is 0 Å². The van der Waals surface area contributed by atoms with E-state index in [1.54, 1.807) is 20.8 Å². The molecule has 1 aliphatic heterocycles. The van der Waals surface area contributed by atoms with Crippen molar-refractivity contribution in [2.24, 2.45) is 11.8 Å². The van der Waals surface area contributed by atoms with Crippen LogP contribution in [0, 0.1) is 11.8 Å². The smallest absolute Gasteiger partial charge is 0.329 e. The Morgan fingerprint density at radius 3 is 2.36 bits per heavy atom. The summed E-state index contributed by atoms with van der Waals surface area (Å²) in [5.74, 6) is -2.49. The molecule has 0 unspecified atom stereocenters. The maximum Gasteiger partial charge on any atom is 0.329 e. The first kappa shape index (κ1) is 21.9. The molecule has 1 heterocycles. The summed E-state index contributed by atoms with van der Waals surface area (Å²) >= 11 is 0. The van der Waals surface area contributed by atoms with Crippen LogP contribution in [0.4, 0.5) is 0 Å². The van der Waals surface area contributed by atoms with Crippen LogP contribution in [0.25, 0.3) is 0 Å². The third-order valence-electron chi connectivity index (χ3n) is 4.63. The first-order valence-corrected chi connectivity index (χ1v) is 9.84. The van der Waals surface area contributed by atoms with E-state index in [2.05, 4.69) is 0 Å². The average Bonchev–Trinajstić information content (AvgIpc) is 3.08. The molecular weight excluding hydrogens is 358 g/mol. The fraction of sp³-hybridized carbons (Fsp3) is 0.591. The van der Waals surface area contributed by atoms with Crippen molar-refractivity contribution in [3.05, 3.63) is 35.9 Å². The van der Waals surface area contributed by atoms with Crippen molar-refractivity contribution in [3.63, 3.8) is 0 Å². The number of benzene rings is 1. The molecule has 0 spiro atoms. The molecule has 1 aliphatic rings. The van der Waals surface area contributed by atoms with Gasteiger partial charge in [0.1, 0.15) is 24.2 Å². The lowest BCUT2D eigenvalue weighted by Gasteiger charge is -2.30. The molecule has 0 radical (unpaired) electrons. The zero-order valence-corrected chi connectivity index (χ0v) is 17.4. The van der Waals surface area contributed by atoms with E-state index in [1.165, 1.54) is 4.90 Å². The number of nitrogens with zero attached hydrogens (tertiary/aromatic N) is 1. The van der Waals surface area contributed by atoms with Crippen LogP contribution in [0.3, 0.4) is 0 Å². The molecule has 0 aliphatic carbocycles. The van der Waals surface area contributed by atoms with Crippen LogP contribution < -0.4 is 0 Å². The summed E-state index contributed by atoms with van der Waals surface area (Å²) in [6.07, 6.45) is 1.24. The number of likely N-dealkylation sites (tertiary alicyclic amines) is 1. The van der Waals surface area contributed by atoms with Gasteiger partial charge < -0.3 is 14.4 Å². The Morgan fingerprint density at radius 1 is 1.14 bits per heavy atom. The molecule has 1 aromatic carbocycles. The summed E-state index contributed by atoms with van der Waals surface area (Å²) in [6.45, 7) is 9.54. The van der Waals surface area contributed by atoms with Crippen LogP contribution in [-0.2, 0) is 30.5 Å². The van der Waals surface area contributed by atoms with Crippen molar-refractivity contribution >= 4 is 17.8 Å². The van der Waals surface area contributed by atoms with E-state index in [9.17, 15) is 14.4 Å². The molecule has 6 heteroatoms. The monoisotopic (exact) mass is 389 g/mol. The Labute approximate surface area is 167 Å². The van der Waals surface area contributed by atoms with Crippen LogP contribution in [0.2, 0.25) is 0 Å². The van der Waals surface area contributed by atoms with Crippen molar-refractivity contribution in [2.75, 3.05) is 6.54 Å². The molecular formula is C22H31NO5. The fourth-order valence-electron chi connectivity index (χ4n) is 3.30. The van der Waals surface area contributed by atoms with Crippen LogP contribution in [0.1, 0.15) is 53.0 Å². The standard InChI is InChI=1S/C22H31NO5/c1-15(2)18(21(26)28-22(3,4)5)19(24)23-13-9-12-17(23)20(25)27-14-16-10-7-6-8-11-16/h6-8,10-11,15,17-18H,9,12-14H2,1-5H3/t17-,18+/m1/s1. The van der Waals surface area contributed by atoms with Gasteiger partial charge >= 0.3 is 11.9 Å². The highest BCUT2D eigenvalue weighted by Gasteiger charge is 2.43. The SMILES string of the molecule is CC(C)[C@H](C(=O)OC(C)(C)C)C(=O)N1CCC[C@@H]1C(=O)OCc1ccccc1. The Kier molecular flexibility index (Phi) is 7.22. The molecule has 1 amide bonds. The summed E-state index contributed by atoms with van der Waals surface area (Å²) in [4.78, 5) is 39.8. The van der Waals surface area contributed by atoms with Crippen LogP contribution in [-0.4, -0.2) is 40.9 Å². The van der Waals surface area contributed by atoms with E-state index in [1.807, 2.05) is 44.2 Å². The predicted octanol–water partition coefficient (Wildman–Crippen LogP) is 3.33. The maximum atomic E-state index is 13.1. The molecule has 0 bridgehead atoms. The van der Waals surface area contributed by atoms with Gasteiger partial charge in [0, 0.05) is 6.54 Å². The Morgan fingerprint density at radius 2 is 1.79 bits per heavy atom. The second-order valence-electron chi connectivity index (χ2n) is 8.54. The van der Waals surface area contributed by atoms with Crippen molar-refractivity contribution in [3.8, 4) is 0 Å². The van der Waals surface area contributed by atoms with Crippen LogP contribution >= 0.6 is 0 Å². The quantitative estimate of drug-likeness (QED) is 0.551. The first-order valence-electron chi connectivity index (χ1n) is 9.84. The third kappa shape index (κ3) is 5.81. The van der Waals surface area contributed by atoms with Gasteiger partial charge in [-0.25, -0.2) is 4.79 Å². The number of ether oxygens (including phenoxy) is 2. The highest BCUT2D eigenvalue weighted by atomic mass is 16.6. The van der Waals surface area contributed by atoms with E-state index in [4.69, 9.17) is 9.47 Å². The normalized spacial score (nSPS) is 18.1. The second kappa shape index (κ2) is 9.22. The summed E-state index contributed by atoms with van der Waals surface area (Å²) in [6, 6.07) is 8.75. The molecule has 0 N–H and O–H groups in total. The van der Waals surface area contributed by atoms with Gasteiger partial charge in [-0.15, -0.1) is 0 Å². The highest BCUT2D eigenvalue weighted by molar-refractivity contribution is 5.99. The van der Waals surface area contributed by atoms with Crippen LogP contribution in [0.5, 0.6) is 0 Å². The molecule has 1 aromatic rings. The number of hydrogen-bond acceptors (Lipinski definition) is 5. The average molecular weight is 389 g/mol. The number of carbonyl (C=O) groups excluding carboxylic acids is 3. The minimum atomic E-state index is -0.929. The predicted molar refractivity (Wildman–Crippen MR) is 105 cm³/mol. The van der Waals surface area contributed by atoms with E-state index in [-0.39, 0.29) is 18.4 Å². The van der Waals surface area contributed by atoms with Crippen molar-refractivity contribution in [2.45, 2.75) is 65.7 Å². The summed E-state index contributed by atoms with van der Waals surface area (Å²) in [7, 11) is 0. The molecule has 28 heavy (non-hydrogen) atoms. The van der Waals surface area contributed by atoms with E-state index in [0.29, 0.717) is 19.4 Å². The second-order valence-corrected chi connectivity index (χ2v) is 8.54. The van der Waals surface area contributed by atoms with Gasteiger partial charge in [-0.2, -0.15) is 0 Å². The number of hydrogen-bond donors (Lipinski definition) is 0. The molecule has 2 atom stereocenters.